The van der Waals surface area contributed by atoms with Crippen molar-refractivity contribution in [2.45, 2.75) is 25.4 Å². The molecule has 1 aliphatic carbocycles. The molecule has 0 bridgehead atoms. The molecule has 0 atom stereocenters. The van der Waals surface area contributed by atoms with Gasteiger partial charge in [-0.25, -0.2) is 4.98 Å². The quantitative estimate of drug-likeness (QED) is 0.284. The second-order valence-electron chi connectivity index (χ2n) is 11.9. The van der Waals surface area contributed by atoms with Crippen molar-refractivity contribution in [1.29, 1.82) is 0 Å². The number of methoxy groups -OCH3 is 2. The molecule has 1 saturated carbocycles. The van der Waals surface area contributed by atoms with E-state index >= 15 is 0 Å². The van der Waals surface area contributed by atoms with E-state index in [9.17, 15) is 4.79 Å². The van der Waals surface area contributed by atoms with Gasteiger partial charge in [-0.15, -0.1) is 0 Å². The molecular formula is C33H37N5O4. The van der Waals surface area contributed by atoms with Gasteiger partial charge < -0.3 is 24.1 Å². The summed E-state index contributed by atoms with van der Waals surface area (Å²) in [6, 6.07) is 16.7. The largest absolute Gasteiger partial charge is 0.493 e. The number of hydrogen-bond donors (Lipinski definition) is 1. The van der Waals surface area contributed by atoms with E-state index in [0.29, 0.717) is 28.5 Å². The van der Waals surface area contributed by atoms with E-state index in [-0.39, 0.29) is 0 Å². The maximum Gasteiger partial charge on any atom is 0.161 e. The van der Waals surface area contributed by atoms with E-state index in [2.05, 4.69) is 36.8 Å². The normalized spacial score (nSPS) is 19.0. The molecule has 0 radical (unpaired) electrons. The van der Waals surface area contributed by atoms with Gasteiger partial charge in [0, 0.05) is 80.6 Å². The summed E-state index contributed by atoms with van der Waals surface area (Å²) in [4.78, 5) is 26.9. The molecule has 9 nitrogen and oxygen atoms in total. The van der Waals surface area contributed by atoms with E-state index in [4.69, 9.17) is 14.2 Å². The molecule has 0 amide bonds. The van der Waals surface area contributed by atoms with Gasteiger partial charge in [0.05, 0.1) is 26.0 Å². The smallest absolute Gasteiger partial charge is 0.161 e. The molecule has 0 unspecified atom stereocenters. The van der Waals surface area contributed by atoms with Crippen molar-refractivity contribution in [1.82, 2.24) is 19.8 Å². The van der Waals surface area contributed by atoms with Crippen molar-refractivity contribution in [3.05, 3.63) is 72.1 Å². The molecule has 2 aromatic carbocycles. The standard InChI is InChI=1S/C33H37N5O4/c1-40-29-6-3-23(13-31(29)41-2)19-36-9-11-37(12-10-36)27-16-33(17-27)21-38(22-33)26-5-4-25(20-39)30(15-26)42-28-14-24-7-8-34-32(24)35-18-28/h3-8,13-15,18,20,27H,9-12,16-17,19,21-22H2,1-2H3,(H,34,35). The number of aromatic amines is 1. The third-order valence-corrected chi connectivity index (χ3v) is 9.26. The van der Waals surface area contributed by atoms with E-state index in [1.54, 1.807) is 20.4 Å². The van der Waals surface area contributed by atoms with Crippen molar-refractivity contribution in [2.75, 3.05) is 58.4 Å². The molecular weight excluding hydrogens is 530 g/mol. The predicted molar refractivity (Wildman–Crippen MR) is 162 cm³/mol. The molecule has 218 valence electrons. The summed E-state index contributed by atoms with van der Waals surface area (Å²) in [5.41, 5.74) is 4.12. The first kappa shape index (κ1) is 26.8. The van der Waals surface area contributed by atoms with E-state index in [1.807, 2.05) is 42.6 Å². The maximum absolute atomic E-state index is 11.7. The van der Waals surface area contributed by atoms with Crippen molar-refractivity contribution >= 4 is 23.0 Å². The van der Waals surface area contributed by atoms with Gasteiger partial charge >= 0.3 is 0 Å². The van der Waals surface area contributed by atoms with Crippen LogP contribution in [0.3, 0.4) is 0 Å². The Morgan fingerprint density at radius 3 is 2.52 bits per heavy atom. The van der Waals surface area contributed by atoms with Crippen LogP contribution in [0.2, 0.25) is 0 Å². The Hall–Kier alpha value is -4.08. The van der Waals surface area contributed by atoms with Crippen LogP contribution < -0.4 is 19.1 Å². The third kappa shape index (κ3) is 5.07. The summed E-state index contributed by atoms with van der Waals surface area (Å²) in [6.45, 7) is 7.46. The zero-order chi connectivity index (χ0) is 28.7. The van der Waals surface area contributed by atoms with Crippen LogP contribution >= 0.6 is 0 Å². The Morgan fingerprint density at radius 2 is 1.76 bits per heavy atom. The number of fused-ring (bicyclic) bond motifs is 1. The molecule has 1 spiro atoms. The molecule has 3 fully saturated rings. The van der Waals surface area contributed by atoms with Crippen molar-refractivity contribution in [3.8, 4) is 23.0 Å². The summed E-state index contributed by atoms with van der Waals surface area (Å²) in [5.74, 6) is 2.75. The number of nitrogens with zero attached hydrogens (tertiary/aromatic N) is 4. The maximum atomic E-state index is 11.7. The van der Waals surface area contributed by atoms with Crippen LogP contribution in [0.1, 0.15) is 28.8 Å². The lowest BCUT2D eigenvalue weighted by Crippen LogP contribution is -2.68. The Bertz CT molecular complexity index is 1580. The zero-order valence-electron chi connectivity index (χ0n) is 24.2. The minimum atomic E-state index is 0.412. The molecule has 1 N–H and O–H groups in total. The minimum Gasteiger partial charge on any atom is -0.493 e. The van der Waals surface area contributed by atoms with Gasteiger partial charge in [-0.05, 0) is 54.8 Å². The molecule has 2 saturated heterocycles. The van der Waals surface area contributed by atoms with Gasteiger partial charge in [-0.1, -0.05) is 6.07 Å². The van der Waals surface area contributed by atoms with Gasteiger partial charge in [-0.2, -0.15) is 0 Å². The van der Waals surface area contributed by atoms with Crippen LogP contribution in [-0.4, -0.2) is 85.6 Å². The highest BCUT2D eigenvalue weighted by atomic mass is 16.5. The number of benzene rings is 2. The van der Waals surface area contributed by atoms with Gasteiger partial charge in [0.15, 0.2) is 17.8 Å². The number of carbonyl (C=O) groups is 1. The number of piperazine rings is 1. The first-order valence-electron chi connectivity index (χ1n) is 14.7. The number of aromatic nitrogens is 2. The first-order chi connectivity index (χ1) is 20.5. The number of carbonyl (C=O) groups excluding carboxylic acids is 1. The van der Waals surface area contributed by atoms with Gasteiger partial charge in [0.2, 0.25) is 0 Å². The lowest BCUT2D eigenvalue weighted by Gasteiger charge is -2.62. The molecule has 7 rings (SSSR count). The predicted octanol–water partition coefficient (Wildman–Crippen LogP) is 4.97. The summed E-state index contributed by atoms with van der Waals surface area (Å²) < 4.78 is 17.0. The summed E-state index contributed by atoms with van der Waals surface area (Å²) in [7, 11) is 3.36. The molecule has 2 aliphatic heterocycles. The molecule has 4 aromatic rings. The van der Waals surface area contributed by atoms with Crippen molar-refractivity contribution in [2.24, 2.45) is 5.41 Å². The SMILES string of the molecule is COc1ccc(CN2CCN(C3CC4(C3)CN(c3ccc(C=O)c(Oc5cnc6[nH]ccc6c5)c3)C4)CC2)cc1OC. The highest BCUT2D eigenvalue weighted by molar-refractivity contribution is 5.82. The number of hydrogen-bond acceptors (Lipinski definition) is 8. The molecule has 42 heavy (non-hydrogen) atoms. The first-order valence-corrected chi connectivity index (χ1v) is 14.7. The monoisotopic (exact) mass is 567 g/mol. The highest BCUT2D eigenvalue weighted by Gasteiger charge is 2.54. The molecule has 9 heteroatoms. The summed E-state index contributed by atoms with van der Waals surface area (Å²) in [6.07, 6.45) is 6.91. The molecule has 4 heterocycles. The topological polar surface area (TPSA) is 83.2 Å². The average Bonchev–Trinajstić information content (AvgIpc) is 3.45. The number of rotatable bonds is 9. The Balaban J connectivity index is 0.909. The van der Waals surface area contributed by atoms with Crippen LogP contribution in [0, 0.1) is 5.41 Å². The number of pyridine rings is 1. The van der Waals surface area contributed by atoms with Crippen molar-refractivity contribution in [3.63, 3.8) is 0 Å². The number of aldehydes is 1. The van der Waals surface area contributed by atoms with E-state index in [1.165, 1.54) is 18.4 Å². The fourth-order valence-corrected chi connectivity index (χ4v) is 6.93. The fraction of sp³-hybridized carbons (Fsp3) is 0.394. The fourth-order valence-electron chi connectivity index (χ4n) is 6.93. The number of anilines is 1. The van der Waals surface area contributed by atoms with Gasteiger partial charge in [0.25, 0.3) is 0 Å². The lowest BCUT2D eigenvalue weighted by atomic mass is 9.60. The van der Waals surface area contributed by atoms with Crippen LogP contribution in [0.5, 0.6) is 23.0 Å². The Kier molecular flexibility index (Phi) is 6.99. The summed E-state index contributed by atoms with van der Waals surface area (Å²) in [5, 5.41) is 0.972. The Labute approximate surface area is 246 Å². The number of nitrogens with one attached hydrogen (secondary N) is 1. The van der Waals surface area contributed by atoms with Crippen LogP contribution in [0.25, 0.3) is 11.0 Å². The lowest BCUT2D eigenvalue weighted by molar-refractivity contribution is -0.0380. The van der Waals surface area contributed by atoms with Crippen LogP contribution in [-0.2, 0) is 6.54 Å². The molecule has 2 aromatic heterocycles. The second-order valence-corrected chi connectivity index (χ2v) is 11.9. The Morgan fingerprint density at radius 1 is 0.952 bits per heavy atom. The average molecular weight is 568 g/mol. The van der Waals surface area contributed by atoms with Gasteiger partial charge in [0.1, 0.15) is 17.1 Å². The summed E-state index contributed by atoms with van der Waals surface area (Å²) >= 11 is 0. The third-order valence-electron chi connectivity index (χ3n) is 9.26. The van der Waals surface area contributed by atoms with Crippen LogP contribution in [0.4, 0.5) is 5.69 Å². The number of ether oxygens (including phenoxy) is 3. The van der Waals surface area contributed by atoms with E-state index in [0.717, 1.165) is 80.3 Å². The molecule has 3 aliphatic rings. The van der Waals surface area contributed by atoms with Gasteiger partial charge in [-0.3, -0.25) is 14.6 Å². The van der Waals surface area contributed by atoms with E-state index < -0.39 is 0 Å². The zero-order valence-corrected chi connectivity index (χ0v) is 24.2. The highest BCUT2D eigenvalue weighted by Crippen LogP contribution is 2.52. The number of H-pyrrole nitrogens is 1. The van der Waals surface area contributed by atoms with Crippen LogP contribution in [0.15, 0.2) is 60.9 Å². The second kappa shape index (κ2) is 11.0. The minimum absolute atomic E-state index is 0.412. The van der Waals surface area contributed by atoms with Crippen molar-refractivity contribution < 1.29 is 19.0 Å².